The summed E-state index contributed by atoms with van der Waals surface area (Å²) >= 11 is 0. The molecule has 0 bridgehead atoms. The van der Waals surface area contributed by atoms with Crippen molar-refractivity contribution in [3.63, 3.8) is 0 Å². The molecule has 4 heterocycles. The van der Waals surface area contributed by atoms with Crippen LogP contribution in [0.4, 0.5) is 5.82 Å². The van der Waals surface area contributed by atoms with Gasteiger partial charge in [-0.1, -0.05) is 5.11 Å². The SMILES string of the molecule is [N-]=[N+]=N[C@H]1C[C@@H](C(=O)NCCOCCOCCOCCNCc2c[nH]c3c2C(=O)CC(N)=N3)N(C(=O)c2ccc3c(=O)oc(=O)[nH]c3c2)C1. The molecule has 260 valence electrons. The summed E-state index contributed by atoms with van der Waals surface area (Å²) < 4.78 is 21.1. The van der Waals surface area contributed by atoms with Crippen molar-refractivity contribution in [1.29, 1.82) is 0 Å². The molecule has 2 aromatic heterocycles. The van der Waals surface area contributed by atoms with Gasteiger partial charge in [0.05, 0.1) is 68.6 Å². The van der Waals surface area contributed by atoms with Gasteiger partial charge in [-0.25, -0.2) is 14.6 Å². The number of carbonyl (C=O) groups excluding carboxylic acids is 3. The molecule has 3 aromatic rings. The Kier molecular flexibility index (Phi) is 11.9. The predicted molar refractivity (Wildman–Crippen MR) is 174 cm³/mol. The Bertz CT molecular complexity index is 1880. The topological polar surface area (TPSA) is 272 Å². The standard InChI is InChI=1S/C30H36N10O9/c31-24-13-23(41)25-18(15-35-26(25)37-24)14-33-3-5-46-7-9-48-10-8-47-6-4-34-27(42)22-12-19(38-39-32)16-40(22)28(43)17-1-2-20-21(11-17)36-30(45)49-29(20)44/h1-2,11,15,19,22,33,35H,3-10,12-14,16H2,(H2,31,37)(H,34,42)(H,36,45)/t19-,22-/m0/s1. The van der Waals surface area contributed by atoms with E-state index in [1.807, 2.05) is 0 Å². The average Bonchev–Trinajstić information content (AvgIpc) is 3.68. The highest BCUT2D eigenvalue weighted by atomic mass is 16.5. The number of nitrogens with zero attached hydrogens (tertiary/aromatic N) is 5. The molecule has 0 radical (unpaired) electrons. The Hall–Kier alpha value is -5.33. The second-order valence-electron chi connectivity index (χ2n) is 11.2. The molecular formula is C30H36N10O9. The summed E-state index contributed by atoms with van der Waals surface area (Å²) in [4.78, 5) is 75.7. The third-order valence-electron chi connectivity index (χ3n) is 7.81. The van der Waals surface area contributed by atoms with Crippen molar-refractivity contribution >= 4 is 40.2 Å². The van der Waals surface area contributed by atoms with Crippen LogP contribution in [0.5, 0.6) is 0 Å². The number of amides is 2. The largest absolute Gasteiger partial charge is 0.419 e. The zero-order chi connectivity index (χ0) is 34.8. The zero-order valence-electron chi connectivity index (χ0n) is 26.4. The van der Waals surface area contributed by atoms with E-state index in [2.05, 4.69) is 40.0 Å². The Morgan fingerprint density at radius 3 is 2.59 bits per heavy atom. The van der Waals surface area contributed by atoms with Crippen LogP contribution in [0.1, 0.15) is 39.1 Å². The molecule has 2 amide bonds. The number of nitrogens with two attached hydrogens (primary N) is 1. The van der Waals surface area contributed by atoms with Crippen molar-refractivity contribution in [1.82, 2.24) is 25.5 Å². The lowest BCUT2D eigenvalue weighted by molar-refractivity contribution is -0.125. The highest BCUT2D eigenvalue weighted by Crippen LogP contribution is 2.27. The summed E-state index contributed by atoms with van der Waals surface area (Å²) in [6.07, 6.45) is 2.00. The first kappa shape index (κ1) is 35.0. The molecule has 0 aliphatic carbocycles. The minimum atomic E-state index is -0.960. The summed E-state index contributed by atoms with van der Waals surface area (Å²) in [6, 6.07) is 2.56. The quantitative estimate of drug-likeness (QED) is 0.0557. The second-order valence-corrected chi connectivity index (χ2v) is 11.2. The zero-order valence-corrected chi connectivity index (χ0v) is 26.4. The number of ketones is 1. The number of amidine groups is 1. The third-order valence-corrected chi connectivity index (χ3v) is 7.81. The summed E-state index contributed by atoms with van der Waals surface area (Å²) in [7, 11) is 0. The summed E-state index contributed by atoms with van der Waals surface area (Å²) in [5.74, 6) is -1.18. The van der Waals surface area contributed by atoms with Crippen LogP contribution in [0.2, 0.25) is 0 Å². The number of hydrogen-bond donors (Lipinski definition) is 5. The van der Waals surface area contributed by atoms with Crippen LogP contribution in [0.15, 0.2) is 48.5 Å². The van der Waals surface area contributed by atoms with Crippen LogP contribution >= 0.6 is 0 Å². The molecule has 1 aromatic carbocycles. The molecule has 2 aliphatic heterocycles. The maximum absolute atomic E-state index is 13.4. The normalized spacial score (nSPS) is 17.1. The number of fused-ring (bicyclic) bond motifs is 2. The molecule has 2 atom stereocenters. The molecule has 19 heteroatoms. The fourth-order valence-corrected chi connectivity index (χ4v) is 5.54. The lowest BCUT2D eigenvalue weighted by Crippen LogP contribution is -2.46. The van der Waals surface area contributed by atoms with Crippen molar-refractivity contribution in [2.24, 2.45) is 15.8 Å². The van der Waals surface area contributed by atoms with Crippen LogP contribution in [0, 0.1) is 0 Å². The van der Waals surface area contributed by atoms with Crippen LogP contribution < -0.4 is 27.7 Å². The highest BCUT2D eigenvalue weighted by Gasteiger charge is 2.39. The van der Waals surface area contributed by atoms with E-state index in [9.17, 15) is 24.0 Å². The number of benzene rings is 1. The Balaban J connectivity index is 0.944. The number of likely N-dealkylation sites (tertiary alicyclic amines) is 1. The number of aromatic nitrogens is 2. The number of azide groups is 1. The van der Waals surface area contributed by atoms with Crippen molar-refractivity contribution in [2.45, 2.75) is 31.5 Å². The second kappa shape index (κ2) is 16.7. The van der Waals surface area contributed by atoms with Crippen molar-refractivity contribution < 1.29 is 33.0 Å². The van der Waals surface area contributed by atoms with Gasteiger partial charge in [-0.3, -0.25) is 19.4 Å². The number of aromatic amines is 2. The van der Waals surface area contributed by atoms with Gasteiger partial charge in [-0.2, -0.15) is 0 Å². The van der Waals surface area contributed by atoms with Gasteiger partial charge in [0, 0.05) is 42.9 Å². The highest BCUT2D eigenvalue weighted by molar-refractivity contribution is 6.15. The number of ether oxygens (including phenoxy) is 3. The lowest BCUT2D eigenvalue weighted by Gasteiger charge is -2.24. The Labute approximate surface area is 277 Å². The number of hydrogen-bond acceptors (Lipinski definition) is 13. The molecule has 49 heavy (non-hydrogen) atoms. The van der Waals surface area contributed by atoms with Crippen molar-refractivity contribution in [2.75, 3.05) is 59.3 Å². The van der Waals surface area contributed by atoms with E-state index in [1.54, 1.807) is 6.20 Å². The van der Waals surface area contributed by atoms with E-state index in [1.165, 1.54) is 23.1 Å². The third kappa shape index (κ3) is 8.98. The number of H-pyrrole nitrogens is 2. The fourth-order valence-electron chi connectivity index (χ4n) is 5.54. The predicted octanol–water partition coefficient (Wildman–Crippen LogP) is 0.234. The van der Waals surface area contributed by atoms with Gasteiger partial charge < -0.3 is 44.9 Å². The van der Waals surface area contributed by atoms with Crippen molar-refractivity contribution in [3.8, 4) is 0 Å². The number of Topliss-reactive ketones (excluding diaryl/α,β-unsaturated/α-hetero) is 1. The van der Waals surface area contributed by atoms with Gasteiger partial charge in [-0.05, 0) is 35.7 Å². The van der Waals surface area contributed by atoms with Gasteiger partial charge in [0.25, 0.3) is 5.91 Å². The molecule has 5 rings (SSSR count). The number of carbonyl (C=O) groups is 3. The van der Waals surface area contributed by atoms with Gasteiger partial charge >= 0.3 is 11.4 Å². The molecule has 1 saturated heterocycles. The summed E-state index contributed by atoms with van der Waals surface area (Å²) in [5, 5.41) is 9.75. The lowest BCUT2D eigenvalue weighted by atomic mass is 10.0. The minimum absolute atomic E-state index is 0.0179. The van der Waals surface area contributed by atoms with E-state index >= 15 is 0 Å². The van der Waals surface area contributed by atoms with E-state index in [0.717, 1.165) is 5.56 Å². The van der Waals surface area contributed by atoms with Crippen LogP contribution in [-0.4, -0.2) is 110 Å². The first-order chi connectivity index (χ1) is 23.7. The molecule has 0 saturated carbocycles. The minimum Gasteiger partial charge on any atom is -0.387 e. The van der Waals surface area contributed by atoms with E-state index in [-0.39, 0.29) is 54.8 Å². The molecule has 0 unspecified atom stereocenters. The van der Waals surface area contributed by atoms with Gasteiger partial charge in [0.2, 0.25) is 5.91 Å². The molecule has 6 N–H and O–H groups in total. The van der Waals surface area contributed by atoms with Crippen molar-refractivity contribution in [3.05, 3.63) is 72.5 Å². The maximum Gasteiger partial charge on any atom is 0.419 e. The van der Waals surface area contributed by atoms with Gasteiger partial charge in [0.1, 0.15) is 17.7 Å². The number of nitrogens with one attached hydrogen (secondary N) is 4. The average molecular weight is 681 g/mol. The van der Waals surface area contributed by atoms with Crippen LogP contribution in [0.3, 0.4) is 0 Å². The van der Waals surface area contributed by atoms with Crippen LogP contribution in [0.25, 0.3) is 21.3 Å². The van der Waals surface area contributed by atoms with E-state index in [4.69, 9.17) is 25.5 Å². The van der Waals surface area contributed by atoms with Gasteiger partial charge in [0.15, 0.2) is 5.78 Å². The Morgan fingerprint density at radius 1 is 1.10 bits per heavy atom. The Morgan fingerprint density at radius 2 is 1.84 bits per heavy atom. The molecule has 19 nitrogen and oxygen atoms in total. The summed E-state index contributed by atoms with van der Waals surface area (Å²) in [5.41, 5.74) is 15.4. The molecule has 0 spiro atoms. The molecular weight excluding hydrogens is 644 g/mol. The first-order valence-corrected chi connectivity index (χ1v) is 15.6. The smallest absolute Gasteiger partial charge is 0.387 e. The first-order valence-electron chi connectivity index (χ1n) is 15.6. The monoisotopic (exact) mass is 680 g/mol. The van der Waals surface area contributed by atoms with E-state index in [0.29, 0.717) is 63.3 Å². The number of rotatable bonds is 17. The number of aliphatic imine (C=N–C) groups is 1. The molecule has 1 fully saturated rings. The molecule has 2 aliphatic rings. The van der Waals surface area contributed by atoms with E-state index < -0.39 is 35.3 Å². The summed E-state index contributed by atoms with van der Waals surface area (Å²) in [6.45, 7) is 3.32. The fraction of sp³-hybridized carbons (Fsp3) is 0.467. The van der Waals surface area contributed by atoms with Gasteiger partial charge in [-0.15, -0.1) is 0 Å². The van der Waals surface area contributed by atoms with Crippen LogP contribution in [-0.2, 0) is 25.5 Å². The maximum atomic E-state index is 13.4.